The van der Waals surface area contributed by atoms with Gasteiger partial charge in [-0.15, -0.1) is 0 Å². The first-order valence-electron chi connectivity index (χ1n) is 4.98. The van der Waals surface area contributed by atoms with E-state index in [9.17, 15) is 9.59 Å². The highest BCUT2D eigenvalue weighted by Crippen LogP contribution is 2.38. The van der Waals surface area contributed by atoms with Gasteiger partial charge < -0.3 is 14.2 Å². The standard InChI is InChI=1S/C10H14O5/c1-13-7-3-5-6(4-8(7)14-2)10(12)15-9(5)11/h5-8H,3-4H2,1-2H3. The number of rotatable bonds is 2. The highest BCUT2D eigenvalue weighted by molar-refractivity contribution is 5.96. The second-order valence-electron chi connectivity index (χ2n) is 3.97. The van der Waals surface area contributed by atoms with Crippen molar-refractivity contribution in [2.24, 2.45) is 11.8 Å². The Hall–Kier alpha value is -0.940. The van der Waals surface area contributed by atoms with E-state index in [1.807, 2.05) is 0 Å². The van der Waals surface area contributed by atoms with Crippen LogP contribution in [0.2, 0.25) is 0 Å². The lowest BCUT2D eigenvalue weighted by Gasteiger charge is -2.33. The van der Waals surface area contributed by atoms with Gasteiger partial charge in [0.15, 0.2) is 0 Å². The first kappa shape index (κ1) is 10.6. The average Bonchev–Trinajstić information content (AvgIpc) is 2.52. The van der Waals surface area contributed by atoms with Gasteiger partial charge in [0.1, 0.15) is 0 Å². The fraction of sp³-hybridized carbons (Fsp3) is 0.800. The fourth-order valence-corrected chi connectivity index (χ4v) is 2.40. The van der Waals surface area contributed by atoms with E-state index in [2.05, 4.69) is 4.74 Å². The van der Waals surface area contributed by atoms with Crippen LogP contribution in [0.1, 0.15) is 12.8 Å². The molecule has 0 aromatic heterocycles. The molecule has 0 aromatic carbocycles. The molecular formula is C10H14O5. The Bertz CT molecular complexity index is 260. The maximum absolute atomic E-state index is 11.3. The van der Waals surface area contributed by atoms with Gasteiger partial charge in [-0.1, -0.05) is 0 Å². The molecule has 1 aliphatic heterocycles. The van der Waals surface area contributed by atoms with E-state index in [0.29, 0.717) is 12.8 Å². The monoisotopic (exact) mass is 214 g/mol. The molecule has 15 heavy (non-hydrogen) atoms. The first-order chi connectivity index (χ1) is 7.17. The molecule has 2 aliphatic rings. The minimum atomic E-state index is -0.415. The Labute approximate surface area is 87.7 Å². The van der Waals surface area contributed by atoms with Crippen LogP contribution in [0.3, 0.4) is 0 Å². The molecular weight excluding hydrogens is 200 g/mol. The van der Waals surface area contributed by atoms with Gasteiger partial charge in [-0.3, -0.25) is 9.59 Å². The molecule has 84 valence electrons. The van der Waals surface area contributed by atoms with Crippen LogP contribution >= 0.6 is 0 Å². The number of fused-ring (bicyclic) bond motifs is 1. The van der Waals surface area contributed by atoms with Gasteiger partial charge in [0, 0.05) is 14.2 Å². The van der Waals surface area contributed by atoms with Crippen LogP contribution in [0, 0.1) is 11.8 Å². The predicted octanol–water partition coefficient (Wildman–Crippen LogP) is 0.126. The molecule has 0 amide bonds. The Morgan fingerprint density at radius 2 is 1.40 bits per heavy atom. The largest absolute Gasteiger partial charge is 0.393 e. The molecule has 0 spiro atoms. The number of carbonyl (C=O) groups excluding carboxylic acids is 2. The number of esters is 2. The van der Waals surface area contributed by atoms with Gasteiger partial charge in [-0.25, -0.2) is 0 Å². The molecule has 2 fully saturated rings. The number of hydrogen-bond acceptors (Lipinski definition) is 5. The zero-order valence-electron chi connectivity index (χ0n) is 8.76. The van der Waals surface area contributed by atoms with E-state index in [4.69, 9.17) is 9.47 Å². The van der Waals surface area contributed by atoms with Gasteiger partial charge in [0.05, 0.1) is 24.0 Å². The van der Waals surface area contributed by atoms with Crippen molar-refractivity contribution in [1.29, 1.82) is 0 Å². The molecule has 1 saturated heterocycles. The van der Waals surface area contributed by atoms with Crippen molar-refractivity contribution in [3.63, 3.8) is 0 Å². The third kappa shape index (κ3) is 1.66. The molecule has 0 aromatic rings. The van der Waals surface area contributed by atoms with Crippen molar-refractivity contribution in [1.82, 2.24) is 0 Å². The van der Waals surface area contributed by atoms with Crippen molar-refractivity contribution in [3.05, 3.63) is 0 Å². The molecule has 4 atom stereocenters. The van der Waals surface area contributed by atoms with Crippen LogP contribution in [0.25, 0.3) is 0 Å². The third-order valence-electron chi connectivity index (χ3n) is 3.29. The Morgan fingerprint density at radius 1 is 1.00 bits per heavy atom. The van der Waals surface area contributed by atoms with E-state index < -0.39 is 11.9 Å². The first-order valence-corrected chi connectivity index (χ1v) is 4.98. The van der Waals surface area contributed by atoms with Gasteiger partial charge in [-0.05, 0) is 12.8 Å². The lowest BCUT2D eigenvalue weighted by Crippen LogP contribution is -2.42. The molecule has 1 aliphatic carbocycles. The fourth-order valence-electron chi connectivity index (χ4n) is 2.40. The van der Waals surface area contributed by atoms with E-state index >= 15 is 0 Å². The minimum absolute atomic E-state index is 0.130. The lowest BCUT2D eigenvalue weighted by molar-refractivity contribution is -0.153. The topological polar surface area (TPSA) is 61.8 Å². The Morgan fingerprint density at radius 3 is 1.73 bits per heavy atom. The Kier molecular flexibility index (Phi) is 2.75. The summed E-state index contributed by atoms with van der Waals surface area (Å²) in [7, 11) is 3.16. The summed E-state index contributed by atoms with van der Waals surface area (Å²) in [5.74, 6) is -1.51. The summed E-state index contributed by atoms with van der Waals surface area (Å²) in [6.07, 6.45) is 0.749. The van der Waals surface area contributed by atoms with Crippen LogP contribution in [0.4, 0.5) is 0 Å². The summed E-state index contributed by atoms with van der Waals surface area (Å²) in [6.45, 7) is 0. The zero-order valence-corrected chi connectivity index (χ0v) is 8.76. The quantitative estimate of drug-likeness (QED) is 0.483. The smallest absolute Gasteiger partial charge is 0.317 e. The second kappa shape index (κ2) is 3.90. The molecule has 0 N–H and O–H groups in total. The van der Waals surface area contributed by atoms with Crippen LogP contribution in [0.5, 0.6) is 0 Å². The SMILES string of the molecule is COC1CC2C(=O)OC(=O)C2CC1OC. The van der Waals surface area contributed by atoms with Crippen molar-refractivity contribution in [3.8, 4) is 0 Å². The lowest BCUT2D eigenvalue weighted by atomic mass is 9.78. The Balaban J connectivity index is 2.15. The summed E-state index contributed by atoms with van der Waals surface area (Å²) in [5.41, 5.74) is 0. The summed E-state index contributed by atoms with van der Waals surface area (Å²) in [4.78, 5) is 22.7. The molecule has 5 heteroatoms. The summed E-state index contributed by atoms with van der Waals surface area (Å²) >= 11 is 0. The molecule has 2 rings (SSSR count). The van der Waals surface area contributed by atoms with Crippen LogP contribution in [0.15, 0.2) is 0 Å². The molecule has 5 nitrogen and oxygen atoms in total. The number of methoxy groups -OCH3 is 2. The zero-order chi connectivity index (χ0) is 11.0. The summed E-state index contributed by atoms with van der Waals surface area (Å²) < 4.78 is 15.1. The number of hydrogen-bond donors (Lipinski definition) is 0. The molecule has 1 heterocycles. The van der Waals surface area contributed by atoms with Gasteiger partial charge in [0.2, 0.25) is 0 Å². The van der Waals surface area contributed by atoms with Crippen molar-refractivity contribution in [2.45, 2.75) is 25.0 Å². The number of ether oxygens (including phenoxy) is 3. The van der Waals surface area contributed by atoms with E-state index in [1.54, 1.807) is 14.2 Å². The maximum Gasteiger partial charge on any atom is 0.317 e. The highest BCUT2D eigenvalue weighted by atomic mass is 16.6. The normalized spacial score (nSPS) is 40.1. The van der Waals surface area contributed by atoms with Crippen LogP contribution < -0.4 is 0 Å². The van der Waals surface area contributed by atoms with Crippen molar-refractivity contribution >= 4 is 11.9 Å². The van der Waals surface area contributed by atoms with Crippen molar-refractivity contribution < 1.29 is 23.8 Å². The molecule has 0 bridgehead atoms. The van der Waals surface area contributed by atoms with E-state index in [1.165, 1.54) is 0 Å². The average molecular weight is 214 g/mol. The van der Waals surface area contributed by atoms with Gasteiger partial charge >= 0.3 is 11.9 Å². The van der Waals surface area contributed by atoms with Crippen molar-refractivity contribution in [2.75, 3.05) is 14.2 Å². The maximum atomic E-state index is 11.3. The predicted molar refractivity (Wildman–Crippen MR) is 48.9 cm³/mol. The second-order valence-corrected chi connectivity index (χ2v) is 3.97. The number of cyclic esters (lactones) is 2. The highest BCUT2D eigenvalue weighted by Gasteiger charge is 2.51. The molecule has 0 radical (unpaired) electrons. The van der Waals surface area contributed by atoms with Crippen LogP contribution in [-0.4, -0.2) is 38.4 Å². The van der Waals surface area contributed by atoms with E-state index in [0.717, 1.165) is 0 Å². The molecule has 1 saturated carbocycles. The minimum Gasteiger partial charge on any atom is -0.393 e. The number of carbonyl (C=O) groups is 2. The van der Waals surface area contributed by atoms with Crippen LogP contribution in [-0.2, 0) is 23.8 Å². The van der Waals surface area contributed by atoms with Gasteiger partial charge in [-0.2, -0.15) is 0 Å². The summed E-state index contributed by atoms with van der Waals surface area (Å²) in [5, 5.41) is 0. The molecule has 4 unspecified atom stereocenters. The van der Waals surface area contributed by atoms with E-state index in [-0.39, 0.29) is 24.0 Å². The van der Waals surface area contributed by atoms with Gasteiger partial charge in [0.25, 0.3) is 0 Å². The summed E-state index contributed by atoms with van der Waals surface area (Å²) in [6, 6.07) is 0. The third-order valence-corrected chi connectivity index (χ3v) is 3.29.